The van der Waals surface area contributed by atoms with Crippen LogP contribution in [0, 0.1) is 23.2 Å². The predicted octanol–water partition coefficient (Wildman–Crippen LogP) is 10.3. The Morgan fingerprint density at radius 1 is 0.889 bits per heavy atom. The quantitative estimate of drug-likeness (QED) is 0.255. The van der Waals surface area contributed by atoms with Crippen LogP contribution < -0.4 is 0 Å². The van der Waals surface area contributed by atoms with E-state index in [1.165, 1.54) is 48.8 Å². The molecule has 0 heterocycles. The molecule has 0 bridgehead atoms. The molecule has 1 N–H and O–H groups in total. The molecule has 1 nitrogen and oxygen atoms in total. The first-order chi connectivity index (χ1) is 17.0. The fourth-order valence-corrected chi connectivity index (χ4v) is 5.06. The molecular weight excluding hydrogens is 436 g/mol. The van der Waals surface area contributed by atoms with Gasteiger partial charge in [0.1, 0.15) is 0 Å². The largest absolute Gasteiger partial charge is 0.392 e. The van der Waals surface area contributed by atoms with Gasteiger partial charge < -0.3 is 5.11 Å². The summed E-state index contributed by atoms with van der Waals surface area (Å²) in [6.45, 7) is 18.2. The molecular formula is C35H54O. The molecule has 1 heteroatoms. The van der Waals surface area contributed by atoms with Gasteiger partial charge in [-0.15, -0.1) is 0 Å². The van der Waals surface area contributed by atoms with E-state index in [0.717, 1.165) is 23.8 Å². The molecule has 0 aromatic rings. The third kappa shape index (κ3) is 13.8. The maximum atomic E-state index is 9.01. The van der Waals surface area contributed by atoms with Crippen molar-refractivity contribution >= 4 is 0 Å². The topological polar surface area (TPSA) is 20.2 Å². The maximum absolute atomic E-state index is 9.01. The van der Waals surface area contributed by atoms with Gasteiger partial charge in [-0.2, -0.15) is 0 Å². The first-order valence-corrected chi connectivity index (χ1v) is 14.0. The smallest absolute Gasteiger partial charge is 0.0642 e. The summed E-state index contributed by atoms with van der Waals surface area (Å²) in [4.78, 5) is 0. The number of rotatable bonds is 13. The fraction of sp³-hybridized carbons (Fsp3) is 0.543. The summed E-state index contributed by atoms with van der Waals surface area (Å²) in [7, 11) is 0. The van der Waals surface area contributed by atoms with Crippen LogP contribution in [0.25, 0.3) is 0 Å². The minimum absolute atomic E-state index is 0.109. The van der Waals surface area contributed by atoms with Crippen molar-refractivity contribution in [2.24, 2.45) is 23.2 Å². The predicted molar refractivity (Wildman–Crippen MR) is 162 cm³/mol. The zero-order chi connectivity index (χ0) is 27.0. The molecule has 0 aromatic carbocycles. The first kappa shape index (κ1) is 31.9. The van der Waals surface area contributed by atoms with E-state index in [1.54, 1.807) is 0 Å². The Morgan fingerprint density at radius 3 is 2.11 bits per heavy atom. The zero-order valence-electron chi connectivity index (χ0n) is 24.6. The van der Waals surface area contributed by atoms with Crippen molar-refractivity contribution < 1.29 is 5.11 Å². The van der Waals surface area contributed by atoms with Gasteiger partial charge in [-0.05, 0) is 82.1 Å². The summed E-state index contributed by atoms with van der Waals surface area (Å²) in [6.07, 6.45) is 33.6. The number of hydrogen-bond donors (Lipinski definition) is 1. The lowest BCUT2D eigenvalue weighted by atomic mass is 9.62. The van der Waals surface area contributed by atoms with Crippen LogP contribution in [0.3, 0.4) is 0 Å². The van der Waals surface area contributed by atoms with E-state index in [0.29, 0.717) is 11.3 Å². The van der Waals surface area contributed by atoms with E-state index >= 15 is 0 Å². The van der Waals surface area contributed by atoms with E-state index in [-0.39, 0.29) is 6.61 Å². The molecule has 0 amide bonds. The summed E-state index contributed by atoms with van der Waals surface area (Å²) in [5.41, 5.74) is 5.41. The molecule has 200 valence electrons. The number of allylic oxidation sites excluding steroid dienone is 15. The number of aliphatic hydroxyl groups excluding tert-OH is 1. The van der Waals surface area contributed by atoms with Gasteiger partial charge in [0.25, 0.3) is 0 Å². The Balaban J connectivity index is 2.44. The first-order valence-electron chi connectivity index (χ1n) is 14.0. The Bertz CT molecular complexity index is 882. The van der Waals surface area contributed by atoms with Crippen molar-refractivity contribution in [2.45, 2.75) is 93.9 Å². The van der Waals surface area contributed by atoms with Crippen molar-refractivity contribution in [3.8, 4) is 0 Å². The molecule has 1 aliphatic carbocycles. The maximum Gasteiger partial charge on any atom is 0.0642 e. The van der Waals surface area contributed by atoms with Gasteiger partial charge in [0.15, 0.2) is 0 Å². The molecule has 1 rings (SSSR count). The van der Waals surface area contributed by atoms with E-state index in [1.807, 2.05) is 19.1 Å². The zero-order valence-corrected chi connectivity index (χ0v) is 24.6. The van der Waals surface area contributed by atoms with Crippen molar-refractivity contribution in [3.63, 3.8) is 0 Å². The monoisotopic (exact) mass is 490 g/mol. The number of hydrogen-bond acceptors (Lipinski definition) is 1. The minimum Gasteiger partial charge on any atom is -0.392 e. The SMILES string of the molecule is CC(/C=C/C=C(\C)CCC1C(C)CCCC1(C)C)=C\C=C\CC(C)/C=C/C=C(C)/C=C/C=C(\C)CO. The highest BCUT2D eigenvalue weighted by Gasteiger charge is 2.36. The second-order valence-electron chi connectivity index (χ2n) is 11.8. The fourth-order valence-electron chi connectivity index (χ4n) is 5.06. The van der Waals surface area contributed by atoms with Crippen LogP contribution in [0.1, 0.15) is 93.9 Å². The molecule has 3 unspecified atom stereocenters. The Morgan fingerprint density at radius 2 is 1.50 bits per heavy atom. The van der Waals surface area contributed by atoms with Gasteiger partial charge >= 0.3 is 0 Å². The van der Waals surface area contributed by atoms with Gasteiger partial charge in [-0.3, -0.25) is 0 Å². The highest BCUT2D eigenvalue weighted by Crippen LogP contribution is 2.46. The second kappa shape index (κ2) is 17.4. The average molecular weight is 491 g/mol. The van der Waals surface area contributed by atoms with Crippen molar-refractivity contribution in [3.05, 3.63) is 95.2 Å². The van der Waals surface area contributed by atoms with Crippen molar-refractivity contribution in [2.75, 3.05) is 6.61 Å². The highest BCUT2D eigenvalue weighted by molar-refractivity contribution is 5.27. The summed E-state index contributed by atoms with van der Waals surface area (Å²) < 4.78 is 0. The Hall–Kier alpha value is -2.12. The lowest BCUT2D eigenvalue weighted by Crippen LogP contribution is -2.33. The lowest BCUT2D eigenvalue weighted by molar-refractivity contribution is 0.0767. The molecule has 0 saturated heterocycles. The van der Waals surface area contributed by atoms with Crippen LogP contribution >= 0.6 is 0 Å². The molecule has 1 fully saturated rings. The summed E-state index contributed by atoms with van der Waals surface area (Å²) in [6, 6.07) is 0. The number of aliphatic hydroxyl groups is 1. The lowest BCUT2D eigenvalue weighted by Gasteiger charge is -2.43. The van der Waals surface area contributed by atoms with Gasteiger partial charge in [-0.1, -0.05) is 130 Å². The van der Waals surface area contributed by atoms with Crippen LogP contribution in [0.5, 0.6) is 0 Å². The van der Waals surface area contributed by atoms with Gasteiger partial charge in [0, 0.05) is 0 Å². The third-order valence-electron chi connectivity index (χ3n) is 7.55. The van der Waals surface area contributed by atoms with Gasteiger partial charge in [0.05, 0.1) is 6.61 Å². The van der Waals surface area contributed by atoms with Crippen LogP contribution in [-0.2, 0) is 0 Å². The van der Waals surface area contributed by atoms with E-state index in [2.05, 4.69) is 109 Å². The Kier molecular flexibility index (Phi) is 15.4. The van der Waals surface area contributed by atoms with Crippen LogP contribution in [0.15, 0.2) is 95.2 Å². The molecule has 0 aliphatic heterocycles. The molecule has 3 atom stereocenters. The second-order valence-corrected chi connectivity index (χ2v) is 11.8. The average Bonchev–Trinajstić information content (AvgIpc) is 2.81. The highest BCUT2D eigenvalue weighted by atomic mass is 16.3. The molecule has 36 heavy (non-hydrogen) atoms. The summed E-state index contributed by atoms with van der Waals surface area (Å²) in [5, 5.41) is 9.01. The van der Waals surface area contributed by atoms with E-state index < -0.39 is 0 Å². The van der Waals surface area contributed by atoms with E-state index in [9.17, 15) is 0 Å². The summed E-state index contributed by atoms with van der Waals surface area (Å²) >= 11 is 0. The van der Waals surface area contributed by atoms with Crippen molar-refractivity contribution in [1.82, 2.24) is 0 Å². The van der Waals surface area contributed by atoms with Crippen molar-refractivity contribution in [1.29, 1.82) is 0 Å². The van der Waals surface area contributed by atoms with Crippen LogP contribution in [-0.4, -0.2) is 11.7 Å². The molecule has 1 aliphatic rings. The molecule has 0 spiro atoms. The normalized spacial score (nSPS) is 23.6. The van der Waals surface area contributed by atoms with Gasteiger partial charge in [-0.25, -0.2) is 0 Å². The molecule has 1 saturated carbocycles. The van der Waals surface area contributed by atoms with Crippen LogP contribution in [0.2, 0.25) is 0 Å². The van der Waals surface area contributed by atoms with Crippen LogP contribution in [0.4, 0.5) is 0 Å². The van der Waals surface area contributed by atoms with E-state index in [4.69, 9.17) is 5.11 Å². The summed E-state index contributed by atoms with van der Waals surface area (Å²) in [5.74, 6) is 2.21. The standard InChI is InChI=1S/C35H54O/c1-28(17-11-19-30(3)20-13-22-32(5)27-36)15-9-10-16-29(2)18-12-21-31(4)24-25-34-33(6)23-14-26-35(34,7)8/h9-13,16-22,28,33-34,36H,14-15,23-27H2,1-8H3/b10-9+,17-11+,18-12+,20-13+,29-16+,30-19+,31-21+,32-22+. The minimum atomic E-state index is 0.109. The van der Waals surface area contributed by atoms with Gasteiger partial charge in [0.2, 0.25) is 0 Å². The molecule has 0 radical (unpaired) electrons. The molecule has 0 aromatic heterocycles. The Labute approximate surface area is 223 Å². The third-order valence-corrected chi connectivity index (χ3v) is 7.55.